The first-order valence-corrected chi connectivity index (χ1v) is 3.00. The maximum atomic E-state index is 10.3. The number of carboxylic acids is 1. The molecule has 7 heteroatoms. The third-order valence-corrected chi connectivity index (χ3v) is 1.32. The molecule has 0 bridgehead atoms. The number of phenolic OH excluding ortho intramolecular Hbond substituents is 3. The third kappa shape index (κ3) is 3.34. The Balaban J connectivity index is 0. The predicted molar refractivity (Wildman–Crippen MR) is 59.7 cm³/mol. The van der Waals surface area contributed by atoms with Gasteiger partial charge < -0.3 is 20.4 Å². The van der Waals surface area contributed by atoms with E-state index < -0.39 is 23.2 Å². The van der Waals surface area contributed by atoms with Crippen LogP contribution in [0.4, 0.5) is 0 Å². The molecule has 0 radical (unpaired) electrons. The van der Waals surface area contributed by atoms with Gasteiger partial charge in [0.15, 0.2) is 17.2 Å². The van der Waals surface area contributed by atoms with Crippen LogP contribution >= 0.6 is 0 Å². The van der Waals surface area contributed by atoms with E-state index in [4.69, 9.17) is 20.4 Å². The van der Waals surface area contributed by atoms with Crippen LogP contribution in [0, 0.1) is 0 Å². The van der Waals surface area contributed by atoms with Crippen molar-refractivity contribution in [1.82, 2.24) is 0 Å². The van der Waals surface area contributed by atoms with Crippen molar-refractivity contribution in [3.63, 3.8) is 0 Å². The van der Waals surface area contributed by atoms with E-state index >= 15 is 0 Å². The molecule has 1 rings (SSSR count). The molecule has 0 spiro atoms. The van der Waals surface area contributed by atoms with Gasteiger partial charge in [0, 0.05) is 0 Å². The normalized spacial score (nSPS) is 8.29. The van der Waals surface area contributed by atoms with Crippen LogP contribution in [0.3, 0.4) is 0 Å². The molecule has 4 N–H and O–H groups in total. The molecule has 0 saturated heterocycles. The summed E-state index contributed by atoms with van der Waals surface area (Å²) in [4.78, 5) is 10.3. The minimum atomic E-state index is -1.29. The zero-order valence-corrected chi connectivity index (χ0v) is 12.1. The van der Waals surface area contributed by atoms with Crippen LogP contribution in [0.2, 0.25) is 0 Å². The van der Waals surface area contributed by atoms with E-state index in [2.05, 4.69) is 0 Å². The van der Waals surface area contributed by atoms with Gasteiger partial charge in [0.1, 0.15) is 0 Å². The molecule has 0 aromatic heterocycles. The molecule has 80 valence electrons. The first-order chi connectivity index (χ1) is 5.52. The topological polar surface area (TPSA) is 98.0 Å². The van der Waals surface area contributed by atoms with Gasteiger partial charge in [0.2, 0.25) is 0 Å². The summed E-state index contributed by atoms with van der Waals surface area (Å²) in [6, 6.07) is 1.69. The van der Waals surface area contributed by atoms with Crippen molar-refractivity contribution in [1.29, 1.82) is 0 Å². The first kappa shape index (κ1) is 16.0. The molecule has 0 unspecified atom stereocenters. The molecular weight excluding hydrogens is 446 g/mol. The van der Waals surface area contributed by atoms with Gasteiger partial charge >= 0.3 is 49.8 Å². The molecule has 0 fully saturated rings. The van der Waals surface area contributed by atoms with Crippen molar-refractivity contribution in [3.05, 3.63) is 17.7 Å². The quantitative estimate of drug-likeness (QED) is 0.285. The minimum absolute atomic E-state index is 0. The standard InChI is InChI=1S/C7H6O5.Bi.GeH4.3H/c8-4-1-3(7(11)12)2-5(9)6(4)10;;;;;/h1-2,8-10H,(H,11,12);;1H4;;;. The van der Waals surface area contributed by atoms with Crippen molar-refractivity contribution in [2.24, 2.45) is 0 Å². The van der Waals surface area contributed by atoms with Gasteiger partial charge in [-0.3, -0.25) is 0 Å². The molecule has 0 aliphatic heterocycles. The van der Waals surface area contributed by atoms with Crippen LogP contribution in [0.5, 0.6) is 17.2 Å². The van der Waals surface area contributed by atoms with E-state index in [0.29, 0.717) is 0 Å². The number of benzene rings is 1. The fourth-order valence-electron chi connectivity index (χ4n) is 0.728. The molecule has 5 nitrogen and oxygen atoms in total. The van der Waals surface area contributed by atoms with E-state index in [1.54, 1.807) is 0 Å². The van der Waals surface area contributed by atoms with Crippen LogP contribution in [0.15, 0.2) is 12.1 Å². The number of carbonyl (C=O) groups is 1. The number of carboxylic acid groups (broad SMARTS) is 1. The van der Waals surface area contributed by atoms with E-state index in [1.807, 2.05) is 0 Å². The second kappa shape index (κ2) is 6.08. The van der Waals surface area contributed by atoms with Crippen LogP contribution in [-0.4, -0.2) is 70.2 Å². The summed E-state index contributed by atoms with van der Waals surface area (Å²) in [5.41, 5.74) is -0.289. The van der Waals surface area contributed by atoms with E-state index in [1.165, 1.54) is 0 Å². The van der Waals surface area contributed by atoms with Crippen LogP contribution in [0.25, 0.3) is 0 Å². The van der Waals surface area contributed by atoms with E-state index in [9.17, 15) is 4.79 Å². The SMILES string of the molecule is O=C(O)c1cc(O)c(O)c(O)c1.[BiH3].[GeH4]. The molecule has 14 heavy (non-hydrogen) atoms. The molecule has 1 aromatic rings. The van der Waals surface area contributed by atoms with Gasteiger partial charge in [-0.15, -0.1) is 0 Å². The maximum absolute atomic E-state index is 10.3. The number of rotatable bonds is 1. The van der Waals surface area contributed by atoms with Gasteiger partial charge in [-0.2, -0.15) is 0 Å². The Bertz CT molecular complexity index is 318. The zero-order valence-electron chi connectivity index (χ0n) is 6.56. The summed E-state index contributed by atoms with van der Waals surface area (Å²) in [5.74, 6) is -3.33. The average molecular weight is 459 g/mol. The summed E-state index contributed by atoms with van der Waals surface area (Å²) in [5, 5.41) is 35.0. The number of aromatic carboxylic acids is 1. The average Bonchev–Trinajstić information content (AvgIpc) is 1.99. The molecule has 0 aliphatic carbocycles. The summed E-state index contributed by atoms with van der Waals surface area (Å²) >= 11 is 0. The molecule has 0 aliphatic rings. The Morgan fingerprint density at radius 1 is 1.07 bits per heavy atom. The second-order valence-electron chi connectivity index (χ2n) is 2.17. The zero-order chi connectivity index (χ0) is 9.30. The summed E-state index contributed by atoms with van der Waals surface area (Å²) < 4.78 is 0. The Labute approximate surface area is 109 Å². The predicted octanol–water partition coefficient (Wildman–Crippen LogP) is -2.13. The van der Waals surface area contributed by atoms with Crippen molar-refractivity contribution in [3.8, 4) is 17.2 Å². The summed E-state index contributed by atoms with van der Waals surface area (Å²) in [6.45, 7) is 0. The molecular formula is C7H13BiGeO5. The molecule has 0 amide bonds. The number of hydrogen-bond donors (Lipinski definition) is 4. The molecule has 0 atom stereocenters. The second-order valence-corrected chi connectivity index (χ2v) is 2.17. The van der Waals surface area contributed by atoms with E-state index in [-0.39, 0.29) is 49.4 Å². The number of aromatic hydroxyl groups is 3. The van der Waals surface area contributed by atoms with Crippen LogP contribution in [0.1, 0.15) is 10.4 Å². The number of hydrogen-bond acceptors (Lipinski definition) is 4. The molecule has 1 aromatic carbocycles. The first-order valence-electron chi connectivity index (χ1n) is 3.00. The Hall–Kier alpha value is -0.484. The summed E-state index contributed by atoms with van der Waals surface area (Å²) in [6.07, 6.45) is 0. The fourth-order valence-corrected chi connectivity index (χ4v) is 0.728. The Morgan fingerprint density at radius 3 is 1.71 bits per heavy atom. The van der Waals surface area contributed by atoms with Crippen LogP contribution < -0.4 is 0 Å². The Kier molecular flexibility index (Phi) is 6.94. The van der Waals surface area contributed by atoms with Gasteiger partial charge in [0.25, 0.3) is 0 Å². The van der Waals surface area contributed by atoms with E-state index in [0.717, 1.165) is 12.1 Å². The Morgan fingerprint density at radius 2 is 1.43 bits per heavy atom. The van der Waals surface area contributed by atoms with Crippen molar-refractivity contribution in [2.75, 3.05) is 0 Å². The van der Waals surface area contributed by atoms with Gasteiger partial charge in [0.05, 0.1) is 5.56 Å². The molecule has 0 heterocycles. The van der Waals surface area contributed by atoms with Crippen molar-refractivity contribution in [2.45, 2.75) is 0 Å². The van der Waals surface area contributed by atoms with Crippen molar-refractivity contribution >= 4 is 49.8 Å². The van der Waals surface area contributed by atoms with Crippen LogP contribution in [-0.2, 0) is 0 Å². The van der Waals surface area contributed by atoms with Gasteiger partial charge in [-0.1, -0.05) is 0 Å². The van der Waals surface area contributed by atoms with Gasteiger partial charge in [-0.05, 0) is 12.1 Å². The van der Waals surface area contributed by atoms with Crippen molar-refractivity contribution < 1.29 is 25.2 Å². The third-order valence-electron chi connectivity index (χ3n) is 1.32. The molecule has 0 saturated carbocycles. The van der Waals surface area contributed by atoms with Gasteiger partial charge in [-0.25, -0.2) is 4.79 Å². The monoisotopic (exact) mass is 460 g/mol. The summed E-state index contributed by atoms with van der Waals surface area (Å²) in [7, 11) is 0. The number of phenols is 3. The fraction of sp³-hybridized carbons (Fsp3) is 0.